The van der Waals surface area contributed by atoms with E-state index >= 15 is 0 Å². The molecule has 0 spiro atoms. The number of aromatic nitrogens is 1. The van der Waals surface area contributed by atoms with Gasteiger partial charge in [0.25, 0.3) is 11.8 Å². The Morgan fingerprint density at radius 2 is 1.71 bits per heavy atom. The summed E-state index contributed by atoms with van der Waals surface area (Å²) in [6.07, 6.45) is 4.80. The lowest BCUT2D eigenvalue weighted by atomic mass is 10.0. The molecule has 0 fully saturated rings. The average molecular weight is 676 g/mol. The Hall–Kier alpha value is -4.88. The molecule has 2 aliphatic heterocycles. The van der Waals surface area contributed by atoms with Gasteiger partial charge in [-0.1, -0.05) is 6.92 Å². The lowest BCUT2D eigenvalue weighted by molar-refractivity contribution is -0.0115. The van der Waals surface area contributed by atoms with Crippen LogP contribution in [-0.4, -0.2) is 96.1 Å². The molecule has 2 aliphatic rings. The molecule has 0 saturated heterocycles. The minimum Gasteiger partial charge on any atom is -0.490 e. The molecule has 0 bridgehead atoms. The van der Waals surface area contributed by atoms with E-state index in [4.69, 9.17) is 18.9 Å². The molecule has 3 N–H and O–H groups in total. The normalized spacial score (nSPS) is 20.3. The number of nitrogens with one attached hydrogen (secondary N) is 2. The number of carbonyl (C=O) groups excluding carboxylic acids is 3. The first-order valence-corrected chi connectivity index (χ1v) is 16.6. The maximum atomic E-state index is 14.4. The monoisotopic (exact) mass is 675 g/mol. The van der Waals surface area contributed by atoms with Gasteiger partial charge in [-0.2, -0.15) is 0 Å². The van der Waals surface area contributed by atoms with Crippen molar-refractivity contribution in [2.24, 2.45) is 5.92 Å². The largest absolute Gasteiger partial charge is 0.490 e. The molecule has 0 unspecified atom stereocenters. The molecule has 3 heterocycles. The molecule has 13 nitrogen and oxygen atoms in total. The van der Waals surface area contributed by atoms with Crippen LogP contribution >= 0.6 is 0 Å². The number of pyridine rings is 1. The molecule has 2 aromatic carbocycles. The molecule has 1 aromatic heterocycles. The molecular formula is C36H45N5O8. The van der Waals surface area contributed by atoms with E-state index in [1.807, 2.05) is 13.8 Å². The predicted molar refractivity (Wildman–Crippen MR) is 183 cm³/mol. The van der Waals surface area contributed by atoms with Gasteiger partial charge in [0, 0.05) is 68.1 Å². The van der Waals surface area contributed by atoms with Crippen LogP contribution in [0.1, 0.15) is 60.7 Å². The smallest absolute Gasteiger partial charge is 0.321 e. The van der Waals surface area contributed by atoms with Gasteiger partial charge in [0.15, 0.2) is 11.5 Å². The summed E-state index contributed by atoms with van der Waals surface area (Å²) < 4.78 is 23.5. The van der Waals surface area contributed by atoms with Crippen LogP contribution in [0.5, 0.6) is 17.2 Å². The number of hydrogen-bond donors (Lipinski definition) is 3. The summed E-state index contributed by atoms with van der Waals surface area (Å²) in [6.45, 7) is 6.52. The van der Waals surface area contributed by atoms with Crippen LogP contribution in [0.4, 0.5) is 16.2 Å². The Kier molecular flexibility index (Phi) is 11.9. The topological polar surface area (TPSA) is 152 Å². The van der Waals surface area contributed by atoms with E-state index in [9.17, 15) is 19.5 Å². The molecule has 0 aliphatic carbocycles. The minimum atomic E-state index is -0.545. The number of rotatable bonds is 7. The van der Waals surface area contributed by atoms with Crippen molar-refractivity contribution in [1.82, 2.24) is 14.8 Å². The predicted octanol–water partition coefficient (Wildman–Crippen LogP) is 5.02. The van der Waals surface area contributed by atoms with Gasteiger partial charge in [-0.3, -0.25) is 14.6 Å². The number of anilines is 2. The van der Waals surface area contributed by atoms with Gasteiger partial charge < -0.3 is 44.5 Å². The lowest BCUT2D eigenvalue weighted by Gasteiger charge is -2.35. The number of amides is 4. The number of carbonyl (C=O) groups is 3. The highest BCUT2D eigenvalue weighted by Crippen LogP contribution is 2.34. The number of aliphatic hydroxyl groups is 1. The van der Waals surface area contributed by atoms with Gasteiger partial charge in [-0.05, 0) is 75.6 Å². The number of urea groups is 1. The van der Waals surface area contributed by atoms with Gasteiger partial charge in [-0.25, -0.2) is 4.79 Å². The minimum absolute atomic E-state index is 0.138. The van der Waals surface area contributed by atoms with Crippen molar-refractivity contribution >= 4 is 29.2 Å². The van der Waals surface area contributed by atoms with E-state index in [-0.39, 0.29) is 61.9 Å². The van der Waals surface area contributed by atoms with E-state index < -0.39 is 12.1 Å². The molecule has 3 aromatic rings. The fraction of sp³-hybridized carbons (Fsp3) is 0.444. The number of hydrogen-bond acceptors (Lipinski definition) is 9. The van der Waals surface area contributed by atoms with E-state index in [0.29, 0.717) is 40.8 Å². The van der Waals surface area contributed by atoms with Gasteiger partial charge in [-0.15, -0.1) is 0 Å². The van der Waals surface area contributed by atoms with Gasteiger partial charge in [0.05, 0.1) is 30.4 Å². The van der Waals surface area contributed by atoms with Crippen LogP contribution in [0.3, 0.4) is 0 Å². The Labute approximate surface area is 286 Å². The van der Waals surface area contributed by atoms with Crippen molar-refractivity contribution < 1.29 is 38.4 Å². The molecule has 262 valence electrons. The van der Waals surface area contributed by atoms with E-state index in [1.165, 1.54) is 12.4 Å². The quantitative estimate of drug-likeness (QED) is 0.314. The van der Waals surface area contributed by atoms with E-state index in [0.717, 1.165) is 19.3 Å². The molecule has 4 amide bonds. The van der Waals surface area contributed by atoms with Crippen molar-refractivity contribution in [3.63, 3.8) is 0 Å². The van der Waals surface area contributed by atoms with Crippen LogP contribution in [0.2, 0.25) is 0 Å². The van der Waals surface area contributed by atoms with Gasteiger partial charge >= 0.3 is 6.03 Å². The van der Waals surface area contributed by atoms with Crippen LogP contribution < -0.4 is 24.8 Å². The Morgan fingerprint density at radius 3 is 2.47 bits per heavy atom. The summed E-state index contributed by atoms with van der Waals surface area (Å²) in [6, 6.07) is 12.6. The fourth-order valence-corrected chi connectivity index (χ4v) is 5.72. The average Bonchev–Trinajstić information content (AvgIpc) is 3.58. The summed E-state index contributed by atoms with van der Waals surface area (Å²) in [5.41, 5.74) is 1.69. The van der Waals surface area contributed by atoms with Gasteiger partial charge in [0.2, 0.25) is 6.79 Å². The third-order valence-electron chi connectivity index (χ3n) is 8.68. The first-order valence-electron chi connectivity index (χ1n) is 16.6. The van der Waals surface area contributed by atoms with Crippen molar-refractivity contribution in [3.8, 4) is 17.2 Å². The zero-order chi connectivity index (χ0) is 34.9. The molecule has 0 saturated carbocycles. The van der Waals surface area contributed by atoms with E-state index in [2.05, 4.69) is 15.6 Å². The highest BCUT2D eigenvalue weighted by molar-refractivity contribution is 6.05. The Balaban J connectivity index is 1.36. The first-order chi connectivity index (χ1) is 23.6. The van der Waals surface area contributed by atoms with Crippen molar-refractivity contribution in [2.45, 2.75) is 58.3 Å². The zero-order valence-corrected chi connectivity index (χ0v) is 28.4. The molecule has 13 heteroatoms. The number of nitrogens with zero attached hydrogens (tertiary/aromatic N) is 3. The first kappa shape index (κ1) is 35.4. The van der Waals surface area contributed by atoms with Crippen LogP contribution in [0, 0.1) is 5.92 Å². The number of benzene rings is 2. The molecule has 5 rings (SSSR count). The molecule has 4 atom stereocenters. The highest BCUT2D eigenvalue weighted by Gasteiger charge is 2.31. The summed E-state index contributed by atoms with van der Waals surface area (Å²) in [7, 11) is 1.69. The highest BCUT2D eigenvalue weighted by atomic mass is 16.7. The van der Waals surface area contributed by atoms with Crippen molar-refractivity contribution in [3.05, 3.63) is 72.1 Å². The van der Waals surface area contributed by atoms with Crippen molar-refractivity contribution in [1.29, 1.82) is 0 Å². The fourth-order valence-electron chi connectivity index (χ4n) is 5.72. The van der Waals surface area contributed by atoms with Crippen LogP contribution in [0.25, 0.3) is 0 Å². The summed E-state index contributed by atoms with van der Waals surface area (Å²) >= 11 is 0. The maximum absolute atomic E-state index is 14.4. The number of likely N-dealkylation sites (N-methyl/N-ethyl adjacent to an activating group) is 1. The molecular weight excluding hydrogens is 630 g/mol. The second kappa shape index (κ2) is 16.5. The van der Waals surface area contributed by atoms with E-state index in [1.54, 1.807) is 72.3 Å². The third kappa shape index (κ3) is 9.18. The zero-order valence-electron chi connectivity index (χ0n) is 28.4. The summed E-state index contributed by atoms with van der Waals surface area (Å²) in [5, 5.41) is 16.0. The second-order valence-corrected chi connectivity index (χ2v) is 12.6. The lowest BCUT2D eigenvalue weighted by Crippen LogP contribution is -2.48. The summed E-state index contributed by atoms with van der Waals surface area (Å²) in [5.74, 6) is 0.646. The number of ether oxygens (including phenoxy) is 4. The number of aliphatic hydroxyl groups excluding tert-OH is 1. The van der Waals surface area contributed by atoms with Crippen LogP contribution in [0.15, 0.2) is 60.9 Å². The van der Waals surface area contributed by atoms with Crippen LogP contribution in [-0.2, 0) is 4.74 Å². The van der Waals surface area contributed by atoms with Crippen molar-refractivity contribution in [2.75, 3.05) is 50.8 Å². The number of fused-ring (bicyclic) bond motifs is 2. The Morgan fingerprint density at radius 1 is 1.00 bits per heavy atom. The molecule has 0 radical (unpaired) electrons. The second-order valence-electron chi connectivity index (χ2n) is 12.6. The third-order valence-corrected chi connectivity index (χ3v) is 8.68. The summed E-state index contributed by atoms with van der Waals surface area (Å²) in [4.78, 5) is 47.6. The Bertz CT molecular complexity index is 1610. The maximum Gasteiger partial charge on any atom is 0.321 e. The molecule has 49 heavy (non-hydrogen) atoms. The van der Waals surface area contributed by atoms with Gasteiger partial charge in [0.1, 0.15) is 5.75 Å². The standard InChI is InChI=1S/C36H45N5O8/c1-23-19-41(24(2)21-42)35(44)29-17-27(38-34(43)26-12-14-37-15-13-26)8-10-30(29)49-25(3)7-5-6-16-46-33(23)20-40(4)36(45)39-28-9-11-31-32(18-28)48-22-47-31/h8-15,17-18,23-25,33,42H,5-7,16,19-22H2,1-4H3,(H,38,43)(H,39,45)/t23-,24+,25-,33-/m0/s1. The SMILES string of the molecule is C[C@H](CO)N1C[C@H](C)[C@H](CN(C)C(=O)Nc2ccc3c(c2)OCO3)OCCCC[C@H](C)Oc2ccc(NC(=O)c3ccncc3)cc2C1=O.